The number of H-pyrrole nitrogens is 1. The summed E-state index contributed by atoms with van der Waals surface area (Å²) in [6.45, 7) is 8.25. The molecule has 0 aliphatic carbocycles. The Labute approximate surface area is 151 Å². The number of carbonyl (C=O) groups is 1. The van der Waals surface area contributed by atoms with E-state index in [1.165, 1.54) is 4.57 Å². The minimum Gasteiger partial charge on any atom is -0.465 e. The van der Waals surface area contributed by atoms with Crippen molar-refractivity contribution >= 4 is 17.1 Å². The van der Waals surface area contributed by atoms with E-state index in [2.05, 4.69) is 15.3 Å². The van der Waals surface area contributed by atoms with Crippen LogP contribution in [0.5, 0.6) is 0 Å². The van der Waals surface area contributed by atoms with Gasteiger partial charge >= 0.3 is 11.7 Å². The third-order valence-electron chi connectivity index (χ3n) is 4.32. The van der Waals surface area contributed by atoms with Gasteiger partial charge in [0.15, 0.2) is 11.2 Å². The van der Waals surface area contributed by atoms with Crippen LogP contribution in [0.2, 0.25) is 0 Å². The lowest BCUT2D eigenvalue weighted by Gasteiger charge is -2.23. The number of ether oxygens (including phenoxy) is 1. The highest BCUT2D eigenvalue weighted by Gasteiger charge is 2.29. The summed E-state index contributed by atoms with van der Waals surface area (Å²) in [5.74, 6) is 0.190. The van der Waals surface area contributed by atoms with E-state index < -0.39 is 16.8 Å². The van der Waals surface area contributed by atoms with Gasteiger partial charge in [0, 0.05) is 13.6 Å². The van der Waals surface area contributed by atoms with Crippen LogP contribution in [0, 0.1) is 0 Å². The molecule has 0 aliphatic rings. The number of rotatable bonds is 8. The van der Waals surface area contributed by atoms with Gasteiger partial charge in [0.2, 0.25) is 0 Å². The maximum absolute atomic E-state index is 12.2. The predicted molar refractivity (Wildman–Crippen MR) is 98.1 cm³/mol. The van der Waals surface area contributed by atoms with Crippen molar-refractivity contribution in [1.29, 1.82) is 0 Å². The smallest absolute Gasteiger partial charge is 0.330 e. The number of aryl methyl sites for hydroxylation is 2. The van der Waals surface area contributed by atoms with Crippen molar-refractivity contribution in [2.45, 2.75) is 59.2 Å². The summed E-state index contributed by atoms with van der Waals surface area (Å²) in [5, 5.41) is 3.10. The Morgan fingerprint density at radius 2 is 2.00 bits per heavy atom. The zero-order chi connectivity index (χ0) is 19.5. The molecule has 2 N–H and O–H groups in total. The number of nitrogens with zero attached hydrogens (tertiary/aromatic N) is 3. The van der Waals surface area contributed by atoms with E-state index in [0.29, 0.717) is 30.1 Å². The van der Waals surface area contributed by atoms with Gasteiger partial charge in [0.25, 0.3) is 5.56 Å². The lowest BCUT2D eigenvalue weighted by Crippen LogP contribution is -2.47. The van der Waals surface area contributed by atoms with E-state index in [-0.39, 0.29) is 12.5 Å². The van der Waals surface area contributed by atoms with Gasteiger partial charge in [0.1, 0.15) is 11.4 Å². The molecule has 0 saturated heterocycles. The molecule has 9 heteroatoms. The number of aromatic nitrogens is 4. The third-order valence-corrected chi connectivity index (χ3v) is 4.32. The minimum atomic E-state index is -0.900. The monoisotopic (exact) mass is 365 g/mol. The van der Waals surface area contributed by atoms with Crippen molar-refractivity contribution in [3.8, 4) is 0 Å². The second-order valence-corrected chi connectivity index (χ2v) is 6.72. The number of hydrogen-bond acceptors (Lipinski definition) is 6. The topological polar surface area (TPSA) is 111 Å². The molecule has 144 valence electrons. The summed E-state index contributed by atoms with van der Waals surface area (Å²) in [7, 11) is 1.72. The number of carbonyl (C=O) groups excluding carboxylic acids is 1. The molecule has 0 aromatic carbocycles. The molecular weight excluding hydrogens is 338 g/mol. The molecule has 0 unspecified atom stereocenters. The predicted octanol–water partition coefficient (Wildman–Crippen LogP) is 0.655. The number of imidazole rings is 1. The van der Waals surface area contributed by atoms with E-state index in [9.17, 15) is 14.4 Å². The van der Waals surface area contributed by atoms with E-state index in [0.717, 1.165) is 12.8 Å². The Bertz CT molecular complexity index is 906. The fourth-order valence-corrected chi connectivity index (χ4v) is 2.66. The van der Waals surface area contributed by atoms with Crippen molar-refractivity contribution in [2.75, 3.05) is 6.61 Å². The molecular formula is C17H27N5O4. The van der Waals surface area contributed by atoms with Crippen molar-refractivity contribution in [3.63, 3.8) is 0 Å². The lowest BCUT2D eigenvalue weighted by molar-refractivity contribution is -0.149. The van der Waals surface area contributed by atoms with Crippen molar-refractivity contribution in [2.24, 2.45) is 7.05 Å². The van der Waals surface area contributed by atoms with Crippen molar-refractivity contribution in [3.05, 3.63) is 26.7 Å². The summed E-state index contributed by atoms with van der Waals surface area (Å²) in [4.78, 5) is 43.2. The van der Waals surface area contributed by atoms with Crippen LogP contribution in [-0.2, 0) is 29.7 Å². The summed E-state index contributed by atoms with van der Waals surface area (Å²) in [6.07, 6.45) is 1.73. The first-order valence-electron chi connectivity index (χ1n) is 8.83. The molecule has 0 radical (unpaired) electrons. The Kier molecular flexibility index (Phi) is 6.01. The van der Waals surface area contributed by atoms with Crippen LogP contribution < -0.4 is 16.6 Å². The molecule has 0 atom stereocenters. The number of nitrogens with one attached hydrogen (secondary N) is 2. The highest BCUT2D eigenvalue weighted by molar-refractivity contribution is 5.79. The number of aromatic amines is 1. The van der Waals surface area contributed by atoms with Gasteiger partial charge < -0.3 is 9.30 Å². The number of hydrogen-bond donors (Lipinski definition) is 2. The quantitative estimate of drug-likeness (QED) is 0.665. The molecule has 0 amide bonds. The van der Waals surface area contributed by atoms with E-state index >= 15 is 0 Å². The van der Waals surface area contributed by atoms with Crippen molar-refractivity contribution < 1.29 is 9.53 Å². The molecule has 0 saturated carbocycles. The van der Waals surface area contributed by atoms with Crippen LogP contribution in [0.1, 0.15) is 46.4 Å². The van der Waals surface area contributed by atoms with Crippen molar-refractivity contribution in [1.82, 2.24) is 24.4 Å². The first-order chi connectivity index (χ1) is 12.2. The van der Waals surface area contributed by atoms with E-state index in [4.69, 9.17) is 4.74 Å². The molecule has 2 aromatic heterocycles. The highest BCUT2D eigenvalue weighted by Crippen LogP contribution is 2.12. The van der Waals surface area contributed by atoms with Gasteiger partial charge in [-0.15, -0.1) is 0 Å². The molecule has 0 aliphatic heterocycles. The summed E-state index contributed by atoms with van der Waals surface area (Å²) in [5.41, 5.74) is -1.13. The fourth-order valence-electron chi connectivity index (χ4n) is 2.66. The summed E-state index contributed by atoms with van der Waals surface area (Å²) >= 11 is 0. The number of esters is 1. The van der Waals surface area contributed by atoms with Gasteiger partial charge in [-0.25, -0.2) is 9.78 Å². The second kappa shape index (κ2) is 7.86. The normalized spacial score (nSPS) is 11.9. The summed E-state index contributed by atoms with van der Waals surface area (Å²) in [6, 6.07) is 0. The molecule has 0 fully saturated rings. The average Bonchev–Trinajstić information content (AvgIpc) is 2.90. The number of unbranched alkanes of at least 4 members (excludes halogenated alkanes) is 1. The largest absolute Gasteiger partial charge is 0.465 e. The Hall–Kier alpha value is -2.42. The molecule has 26 heavy (non-hydrogen) atoms. The maximum Gasteiger partial charge on any atom is 0.330 e. The third kappa shape index (κ3) is 3.87. The zero-order valence-electron chi connectivity index (χ0n) is 16.0. The Morgan fingerprint density at radius 3 is 2.62 bits per heavy atom. The van der Waals surface area contributed by atoms with Crippen LogP contribution in [0.4, 0.5) is 0 Å². The van der Waals surface area contributed by atoms with Gasteiger partial charge in [0.05, 0.1) is 13.2 Å². The SMILES string of the molecule is CCCCn1c(=O)[nH]c(=O)c2c1nc(CNC(C)(C)C(=O)OCC)n2C. The standard InChI is InChI=1S/C17H27N5O4/c1-6-8-9-22-13-12(14(23)20-16(22)25)21(5)11(19-13)10-18-17(3,4)15(24)26-7-2/h18H,6-10H2,1-5H3,(H,20,23,25). The molecule has 0 spiro atoms. The first kappa shape index (κ1) is 19.9. The molecule has 2 heterocycles. The molecule has 2 aromatic rings. The van der Waals surface area contributed by atoms with Crippen LogP contribution in [0.25, 0.3) is 11.2 Å². The van der Waals surface area contributed by atoms with Gasteiger partial charge in [-0.1, -0.05) is 13.3 Å². The first-order valence-corrected chi connectivity index (χ1v) is 8.83. The number of fused-ring (bicyclic) bond motifs is 1. The second-order valence-electron chi connectivity index (χ2n) is 6.72. The fraction of sp³-hybridized carbons (Fsp3) is 0.647. The van der Waals surface area contributed by atoms with Crippen LogP contribution >= 0.6 is 0 Å². The van der Waals surface area contributed by atoms with E-state index in [1.54, 1.807) is 32.4 Å². The average molecular weight is 365 g/mol. The lowest BCUT2D eigenvalue weighted by atomic mass is 10.1. The highest BCUT2D eigenvalue weighted by atomic mass is 16.5. The minimum absolute atomic E-state index is 0.248. The molecule has 2 rings (SSSR count). The zero-order valence-corrected chi connectivity index (χ0v) is 16.0. The van der Waals surface area contributed by atoms with Crippen LogP contribution in [-0.4, -0.2) is 37.2 Å². The van der Waals surface area contributed by atoms with E-state index in [1.807, 2.05) is 6.92 Å². The van der Waals surface area contributed by atoms with Crippen LogP contribution in [0.15, 0.2) is 9.59 Å². The van der Waals surface area contributed by atoms with Gasteiger partial charge in [-0.2, -0.15) is 0 Å². The van der Waals surface area contributed by atoms with Gasteiger partial charge in [-0.3, -0.25) is 24.5 Å². The molecule has 9 nitrogen and oxygen atoms in total. The maximum atomic E-state index is 12.2. The Balaban J connectivity index is 2.39. The van der Waals surface area contributed by atoms with Crippen LogP contribution in [0.3, 0.4) is 0 Å². The molecule has 0 bridgehead atoms. The summed E-state index contributed by atoms with van der Waals surface area (Å²) < 4.78 is 8.18. The van der Waals surface area contributed by atoms with Gasteiger partial charge in [-0.05, 0) is 27.2 Å². The Morgan fingerprint density at radius 1 is 1.31 bits per heavy atom.